The molecule has 0 saturated carbocycles. The fourth-order valence-corrected chi connectivity index (χ4v) is 2.87. The van der Waals surface area contributed by atoms with Gasteiger partial charge < -0.3 is 15.3 Å². The number of fused-ring (bicyclic) bond motifs is 1. The summed E-state index contributed by atoms with van der Waals surface area (Å²) < 4.78 is 13.3. The fraction of sp³-hybridized carbons (Fsp3) is 0.263. The van der Waals surface area contributed by atoms with Gasteiger partial charge in [-0.2, -0.15) is 0 Å². The number of hydrogen-bond acceptors (Lipinski definition) is 2. The second-order valence-electron chi connectivity index (χ2n) is 6.35. The standard InChI is InChI=1S/C19H20FN3O2/c1-11(8-13-4-3-5-15(20)9-13)18(24)21-12(2)14-6-7-16-17(10-14)23-19(25)22-16/h3-7,9-12H,8H2,1-2H3,(H,21,24)(H2,22,23,25)/t11-,12-/m0/s1. The first-order chi connectivity index (χ1) is 11.9. The van der Waals surface area contributed by atoms with Gasteiger partial charge in [0.15, 0.2) is 0 Å². The molecule has 0 unspecified atom stereocenters. The Morgan fingerprint density at radius 1 is 1.12 bits per heavy atom. The molecule has 0 bridgehead atoms. The van der Waals surface area contributed by atoms with Crippen LogP contribution in [0.25, 0.3) is 11.0 Å². The molecule has 1 heterocycles. The molecular weight excluding hydrogens is 321 g/mol. The van der Waals surface area contributed by atoms with Crippen molar-refractivity contribution in [2.45, 2.75) is 26.3 Å². The lowest BCUT2D eigenvalue weighted by Gasteiger charge is -2.18. The molecule has 0 saturated heterocycles. The van der Waals surface area contributed by atoms with Crippen LogP contribution < -0.4 is 11.0 Å². The lowest BCUT2D eigenvalue weighted by molar-refractivity contribution is -0.125. The van der Waals surface area contributed by atoms with E-state index in [1.807, 2.05) is 32.0 Å². The summed E-state index contributed by atoms with van der Waals surface area (Å²) in [5.41, 5.74) is 2.87. The highest BCUT2D eigenvalue weighted by Crippen LogP contribution is 2.18. The SMILES string of the molecule is C[C@H](NC(=O)[C@@H](C)Cc1cccc(F)c1)c1ccc2[nH]c(=O)[nH]c2c1. The lowest BCUT2D eigenvalue weighted by atomic mass is 9.99. The first-order valence-electron chi connectivity index (χ1n) is 8.19. The topological polar surface area (TPSA) is 77.8 Å². The number of imidazole rings is 1. The zero-order valence-electron chi connectivity index (χ0n) is 14.1. The predicted octanol–water partition coefficient (Wildman–Crippen LogP) is 3.05. The van der Waals surface area contributed by atoms with Crippen LogP contribution in [-0.4, -0.2) is 15.9 Å². The number of H-pyrrole nitrogens is 2. The summed E-state index contributed by atoms with van der Waals surface area (Å²) in [5, 5.41) is 2.97. The summed E-state index contributed by atoms with van der Waals surface area (Å²) in [6.07, 6.45) is 0.473. The molecule has 25 heavy (non-hydrogen) atoms. The third-order valence-electron chi connectivity index (χ3n) is 4.28. The molecule has 0 aliphatic rings. The number of benzene rings is 2. The van der Waals surface area contributed by atoms with E-state index < -0.39 is 0 Å². The van der Waals surface area contributed by atoms with Crippen LogP contribution in [0.3, 0.4) is 0 Å². The van der Waals surface area contributed by atoms with Gasteiger partial charge in [-0.1, -0.05) is 25.1 Å². The zero-order valence-corrected chi connectivity index (χ0v) is 14.1. The number of halogens is 1. The molecule has 3 aromatic rings. The number of carbonyl (C=O) groups excluding carboxylic acids is 1. The van der Waals surface area contributed by atoms with E-state index in [1.54, 1.807) is 12.1 Å². The Hall–Kier alpha value is -2.89. The average Bonchev–Trinajstić information content (AvgIpc) is 2.93. The molecule has 0 spiro atoms. The van der Waals surface area contributed by atoms with Crippen LogP contribution in [0.4, 0.5) is 4.39 Å². The van der Waals surface area contributed by atoms with E-state index >= 15 is 0 Å². The number of hydrogen-bond donors (Lipinski definition) is 3. The van der Waals surface area contributed by atoms with Crippen molar-refractivity contribution in [1.29, 1.82) is 0 Å². The van der Waals surface area contributed by atoms with Gasteiger partial charge in [0, 0.05) is 5.92 Å². The van der Waals surface area contributed by atoms with Gasteiger partial charge in [0.2, 0.25) is 5.91 Å². The molecular formula is C19H20FN3O2. The predicted molar refractivity (Wildman–Crippen MR) is 94.7 cm³/mol. The van der Waals surface area contributed by atoms with Gasteiger partial charge in [-0.25, -0.2) is 9.18 Å². The molecule has 1 aromatic heterocycles. The minimum absolute atomic E-state index is 0.0978. The summed E-state index contributed by atoms with van der Waals surface area (Å²) in [4.78, 5) is 29.1. The number of carbonyl (C=O) groups is 1. The first-order valence-corrected chi connectivity index (χ1v) is 8.19. The van der Waals surface area contributed by atoms with E-state index in [0.29, 0.717) is 11.9 Å². The van der Waals surface area contributed by atoms with Crippen molar-refractivity contribution in [2.24, 2.45) is 5.92 Å². The maximum absolute atomic E-state index is 13.3. The van der Waals surface area contributed by atoms with Crippen LogP contribution in [0, 0.1) is 11.7 Å². The molecule has 3 rings (SSSR count). The van der Waals surface area contributed by atoms with Crippen molar-refractivity contribution in [3.8, 4) is 0 Å². The van der Waals surface area contributed by atoms with E-state index in [4.69, 9.17) is 0 Å². The fourth-order valence-electron chi connectivity index (χ4n) is 2.87. The third-order valence-corrected chi connectivity index (χ3v) is 4.28. The van der Waals surface area contributed by atoms with Gasteiger partial charge in [-0.15, -0.1) is 0 Å². The summed E-state index contributed by atoms with van der Waals surface area (Å²) in [5.74, 6) is -0.674. The molecule has 2 atom stereocenters. The smallest absolute Gasteiger partial charge is 0.323 e. The number of amides is 1. The minimum atomic E-state index is -0.299. The third kappa shape index (κ3) is 3.96. The summed E-state index contributed by atoms with van der Waals surface area (Å²) in [7, 11) is 0. The maximum Gasteiger partial charge on any atom is 0.323 e. The second kappa shape index (κ2) is 6.93. The molecule has 1 amide bonds. The Labute approximate surface area is 144 Å². The molecule has 0 aliphatic carbocycles. The van der Waals surface area contributed by atoms with Crippen molar-refractivity contribution in [1.82, 2.24) is 15.3 Å². The Morgan fingerprint density at radius 2 is 1.88 bits per heavy atom. The van der Waals surface area contributed by atoms with Crippen molar-refractivity contribution in [3.05, 3.63) is 69.9 Å². The molecule has 2 aromatic carbocycles. The van der Waals surface area contributed by atoms with E-state index in [2.05, 4.69) is 15.3 Å². The van der Waals surface area contributed by atoms with Gasteiger partial charge in [0.1, 0.15) is 5.82 Å². The van der Waals surface area contributed by atoms with Crippen molar-refractivity contribution >= 4 is 16.9 Å². The second-order valence-corrected chi connectivity index (χ2v) is 6.35. The van der Waals surface area contributed by atoms with E-state index in [-0.39, 0.29) is 29.4 Å². The van der Waals surface area contributed by atoms with Crippen molar-refractivity contribution < 1.29 is 9.18 Å². The van der Waals surface area contributed by atoms with Crippen LogP contribution in [0.15, 0.2) is 47.3 Å². The number of nitrogens with one attached hydrogen (secondary N) is 3. The van der Waals surface area contributed by atoms with Crippen molar-refractivity contribution in [2.75, 3.05) is 0 Å². The van der Waals surface area contributed by atoms with Crippen LogP contribution in [-0.2, 0) is 11.2 Å². The lowest BCUT2D eigenvalue weighted by Crippen LogP contribution is -2.32. The largest absolute Gasteiger partial charge is 0.349 e. The van der Waals surface area contributed by atoms with E-state index in [1.165, 1.54) is 12.1 Å². The average molecular weight is 341 g/mol. The van der Waals surface area contributed by atoms with E-state index in [9.17, 15) is 14.0 Å². The Kier molecular flexibility index (Phi) is 4.70. The summed E-state index contributed by atoms with van der Waals surface area (Å²) >= 11 is 0. The zero-order chi connectivity index (χ0) is 18.0. The Balaban J connectivity index is 1.67. The van der Waals surface area contributed by atoms with Crippen LogP contribution in [0.1, 0.15) is 31.0 Å². The summed E-state index contributed by atoms with van der Waals surface area (Å²) in [6.45, 7) is 3.71. The summed E-state index contributed by atoms with van der Waals surface area (Å²) in [6, 6.07) is 11.6. The molecule has 0 aliphatic heterocycles. The highest BCUT2D eigenvalue weighted by molar-refractivity contribution is 5.79. The highest BCUT2D eigenvalue weighted by atomic mass is 19.1. The molecule has 6 heteroatoms. The van der Waals surface area contributed by atoms with Gasteiger partial charge >= 0.3 is 5.69 Å². The first kappa shape index (κ1) is 17.0. The van der Waals surface area contributed by atoms with Gasteiger partial charge in [-0.05, 0) is 48.7 Å². The molecule has 3 N–H and O–H groups in total. The molecule has 0 fully saturated rings. The van der Waals surface area contributed by atoms with Gasteiger partial charge in [-0.3, -0.25) is 4.79 Å². The van der Waals surface area contributed by atoms with Crippen molar-refractivity contribution in [3.63, 3.8) is 0 Å². The molecule has 0 radical (unpaired) electrons. The maximum atomic E-state index is 13.3. The van der Waals surface area contributed by atoms with Crippen LogP contribution >= 0.6 is 0 Å². The minimum Gasteiger partial charge on any atom is -0.349 e. The molecule has 5 nitrogen and oxygen atoms in total. The van der Waals surface area contributed by atoms with Gasteiger partial charge in [0.05, 0.1) is 17.1 Å². The number of aromatic amines is 2. The number of aromatic nitrogens is 2. The number of rotatable bonds is 5. The monoisotopic (exact) mass is 341 g/mol. The molecule has 130 valence electrons. The van der Waals surface area contributed by atoms with Crippen LogP contribution in [0.2, 0.25) is 0 Å². The van der Waals surface area contributed by atoms with E-state index in [0.717, 1.165) is 16.6 Å². The quantitative estimate of drug-likeness (QED) is 0.667. The van der Waals surface area contributed by atoms with Gasteiger partial charge in [0.25, 0.3) is 0 Å². The Bertz CT molecular complexity index is 960. The Morgan fingerprint density at radius 3 is 2.64 bits per heavy atom. The van der Waals surface area contributed by atoms with Crippen LogP contribution in [0.5, 0.6) is 0 Å². The highest BCUT2D eigenvalue weighted by Gasteiger charge is 2.17. The normalized spacial score (nSPS) is 13.6.